The van der Waals surface area contributed by atoms with Gasteiger partial charge < -0.3 is 9.13 Å². The summed E-state index contributed by atoms with van der Waals surface area (Å²) in [5.41, 5.74) is 14.2. The Labute approximate surface area is 358 Å². The fourth-order valence-electron chi connectivity index (χ4n) is 9.24. The lowest BCUT2D eigenvalue weighted by Gasteiger charge is -2.17. The molecule has 3 aromatic heterocycles. The van der Waals surface area contributed by atoms with Gasteiger partial charge >= 0.3 is 0 Å². The van der Waals surface area contributed by atoms with Gasteiger partial charge in [-0.2, -0.15) is 0 Å². The minimum atomic E-state index is 0.631. The smallest absolute Gasteiger partial charge is 0.164 e. The van der Waals surface area contributed by atoms with Gasteiger partial charge in [-0.25, -0.2) is 15.0 Å². The van der Waals surface area contributed by atoms with Crippen LogP contribution in [-0.4, -0.2) is 24.1 Å². The van der Waals surface area contributed by atoms with E-state index in [1.165, 1.54) is 38.1 Å². The summed E-state index contributed by atoms with van der Waals surface area (Å²) < 4.78 is 4.86. The van der Waals surface area contributed by atoms with Crippen molar-refractivity contribution in [3.8, 4) is 67.8 Å². The maximum absolute atomic E-state index is 5.11. The molecule has 0 saturated carbocycles. The molecule has 62 heavy (non-hydrogen) atoms. The number of para-hydroxylation sites is 5. The average Bonchev–Trinajstić information content (AvgIpc) is 3.87. The van der Waals surface area contributed by atoms with Crippen molar-refractivity contribution in [3.63, 3.8) is 0 Å². The molecule has 0 aliphatic heterocycles. The Morgan fingerprint density at radius 1 is 0.274 bits per heavy atom. The largest absolute Gasteiger partial charge is 0.309 e. The molecule has 0 amide bonds. The van der Waals surface area contributed by atoms with Crippen molar-refractivity contribution >= 4 is 43.6 Å². The number of rotatable bonds is 7. The maximum atomic E-state index is 5.11. The molecule has 0 aliphatic rings. The summed E-state index contributed by atoms with van der Waals surface area (Å²) in [6.45, 7) is 0. The number of benzene rings is 9. The molecule has 0 atom stereocenters. The molecule has 290 valence electrons. The third-order valence-electron chi connectivity index (χ3n) is 12.0. The summed E-state index contributed by atoms with van der Waals surface area (Å²) in [6, 6.07) is 79.3. The summed E-state index contributed by atoms with van der Waals surface area (Å²) in [5.74, 6) is 1.91. The molecule has 0 N–H and O–H groups in total. The van der Waals surface area contributed by atoms with Crippen LogP contribution in [0.15, 0.2) is 224 Å². The summed E-state index contributed by atoms with van der Waals surface area (Å²) in [7, 11) is 0. The molecule has 9 aromatic carbocycles. The number of hydrogen-bond acceptors (Lipinski definition) is 3. The van der Waals surface area contributed by atoms with E-state index in [-0.39, 0.29) is 0 Å². The van der Waals surface area contributed by atoms with Gasteiger partial charge in [0.2, 0.25) is 0 Å². The van der Waals surface area contributed by atoms with Crippen molar-refractivity contribution in [1.29, 1.82) is 0 Å². The highest BCUT2D eigenvalue weighted by atomic mass is 15.0. The van der Waals surface area contributed by atoms with Gasteiger partial charge in [0.15, 0.2) is 17.5 Å². The molecule has 5 heteroatoms. The highest BCUT2D eigenvalue weighted by Crippen LogP contribution is 2.43. The molecule has 0 saturated heterocycles. The summed E-state index contributed by atoms with van der Waals surface area (Å²) in [5, 5.41) is 4.82. The summed E-state index contributed by atoms with van der Waals surface area (Å²) in [4.78, 5) is 15.2. The van der Waals surface area contributed by atoms with Crippen LogP contribution in [0.25, 0.3) is 111 Å². The second-order valence-corrected chi connectivity index (χ2v) is 15.6. The quantitative estimate of drug-likeness (QED) is 0.162. The fourth-order valence-corrected chi connectivity index (χ4v) is 9.24. The first-order chi connectivity index (χ1) is 30.8. The van der Waals surface area contributed by atoms with Crippen molar-refractivity contribution in [2.24, 2.45) is 0 Å². The molecule has 5 nitrogen and oxygen atoms in total. The van der Waals surface area contributed by atoms with Gasteiger partial charge in [0.05, 0.1) is 27.8 Å². The van der Waals surface area contributed by atoms with Crippen LogP contribution < -0.4 is 0 Å². The van der Waals surface area contributed by atoms with E-state index in [1.54, 1.807) is 0 Å². The Morgan fingerprint density at radius 3 is 1.45 bits per heavy atom. The maximum Gasteiger partial charge on any atom is 0.164 e. The van der Waals surface area contributed by atoms with Crippen LogP contribution in [0.4, 0.5) is 0 Å². The first kappa shape index (κ1) is 35.5. The fraction of sp³-hybridized carbons (Fsp3) is 0. The lowest BCUT2D eigenvalue weighted by Crippen LogP contribution is -2.01. The SMILES string of the molecule is c1ccc(-c2nc(-c3ccccc3)nc(-c3ccccc3-c3ccc4c(c3)c3ccccc3n4-c3ccccc3-c3cccc4c5ccccc5n(-c5ccccc5)c34)n2)cc1. The van der Waals surface area contributed by atoms with Gasteiger partial charge in [-0.15, -0.1) is 0 Å². The minimum absolute atomic E-state index is 0.631. The monoisotopic (exact) mass is 791 g/mol. The van der Waals surface area contributed by atoms with E-state index in [0.29, 0.717) is 17.5 Å². The Hall–Kier alpha value is -8.41. The molecule has 12 aromatic rings. The predicted molar refractivity (Wildman–Crippen MR) is 256 cm³/mol. The van der Waals surface area contributed by atoms with Gasteiger partial charge in [-0.1, -0.05) is 182 Å². The zero-order chi connectivity index (χ0) is 41.0. The highest BCUT2D eigenvalue weighted by molar-refractivity contribution is 6.15. The molecule has 0 fully saturated rings. The molecule has 0 aliphatic carbocycles. The van der Waals surface area contributed by atoms with E-state index in [1.807, 2.05) is 60.7 Å². The summed E-state index contributed by atoms with van der Waals surface area (Å²) >= 11 is 0. The topological polar surface area (TPSA) is 48.5 Å². The number of nitrogens with zero attached hydrogens (tertiary/aromatic N) is 5. The van der Waals surface area contributed by atoms with Crippen LogP contribution in [0.2, 0.25) is 0 Å². The van der Waals surface area contributed by atoms with Crippen molar-refractivity contribution in [3.05, 3.63) is 224 Å². The Kier molecular flexibility index (Phi) is 8.42. The molecule has 0 spiro atoms. The van der Waals surface area contributed by atoms with Crippen molar-refractivity contribution in [1.82, 2.24) is 24.1 Å². The number of aromatic nitrogens is 5. The second kappa shape index (κ2) is 14.7. The predicted octanol–water partition coefficient (Wildman–Crippen LogP) is 14.4. The molecular formula is C57H37N5. The van der Waals surface area contributed by atoms with Crippen LogP contribution in [0.1, 0.15) is 0 Å². The molecule has 3 heterocycles. The van der Waals surface area contributed by atoms with Crippen LogP contribution in [0.3, 0.4) is 0 Å². The minimum Gasteiger partial charge on any atom is -0.309 e. The van der Waals surface area contributed by atoms with Crippen molar-refractivity contribution < 1.29 is 0 Å². The zero-order valence-corrected chi connectivity index (χ0v) is 33.6. The van der Waals surface area contributed by atoms with Gasteiger partial charge in [0.1, 0.15) is 0 Å². The normalized spacial score (nSPS) is 11.5. The first-order valence-corrected chi connectivity index (χ1v) is 21.0. The molecule has 0 bridgehead atoms. The second-order valence-electron chi connectivity index (χ2n) is 15.6. The first-order valence-electron chi connectivity index (χ1n) is 21.0. The number of hydrogen-bond donors (Lipinski definition) is 0. The van der Waals surface area contributed by atoms with Crippen LogP contribution in [-0.2, 0) is 0 Å². The third-order valence-corrected chi connectivity index (χ3v) is 12.0. The van der Waals surface area contributed by atoms with Gasteiger partial charge in [0, 0.05) is 55.0 Å². The van der Waals surface area contributed by atoms with E-state index in [2.05, 4.69) is 173 Å². The molecule has 0 radical (unpaired) electrons. The third kappa shape index (κ3) is 5.82. The van der Waals surface area contributed by atoms with Crippen LogP contribution >= 0.6 is 0 Å². The van der Waals surface area contributed by atoms with E-state index < -0.39 is 0 Å². The van der Waals surface area contributed by atoms with Gasteiger partial charge in [-0.3, -0.25) is 0 Å². The zero-order valence-electron chi connectivity index (χ0n) is 33.6. The average molecular weight is 792 g/mol. The highest BCUT2D eigenvalue weighted by Gasteiger charge is 2.22. The Morgan fingerprint density at radius 2 is 0.758 bits per heavy atom. The Bertz CT molecular complexity index is 3570. The molecule has 12 rings (SSSR count). The lowest BCUT2D eigenvalue weighted by atomic mass is 9.97. The van der Waals surface area contributed by atoms with E-state index >= 15 is 0 Å². The molecular weight excluding hydrogens is 755 g/mol. The Balaban J connectivity index is 1.05. The van der Waals surface area contributed by atoms with E-state index in [4.69, 9.17) is 15.0 Å². The van der Waals surface area contributed by atoms with E-state index in [9.17, 15) is 0 Å². The standard InChI is InChI=1S/C57H37N5/c1-4-19-38(20-5-1)55-58-56(39-21-6-2-7-22-39)60-57(59-55)48-29-11-10-25-42(48)40-35-36-53-49(37-40)45-28-14-17-34-52(45)62(53)51-33-16-13-27-44(51)47-31-18-30-46-43-26-12-15-32-50(43)61(54(46)47)41-23-8-3-9-24-41/h1-37H. The van der Waals surface area contributed by atoms with Crippen LogP contribution in [0.5, 0.6) is 0 Å². The van der Waals surface area contributed by atoms with E-state index in [0.717, 1.165) is 55.8 Å². The van der Waals surface area contributed by atoms with Crippen molar-refractivity contribution in [2.45, 2.75) is 0 Å². The van der Waals surface area contributed by atoms with Crippen molar-refractivity contribution in [2.75, 3.05) is 0 Å². The number of fused-ring (bicyclic) bond motifs is 6. The summed E-state index contributed by atoms with van der Waals surface area (Å²) in [6.07, 6.45) is 0. The van der Waals surface area contributed by atoms with Crippen LogP contribution in [0, 0.1) is 0 Å². The lowest BCUT2D eigenvalue weighted by molar-refractivity contribution is 1.07. The van der Waals surface area contributed by atoms with Gasteiger partial charge in [-0.05, 0) is 53.6 Å². The van der Waals surface area contributed by atoms with Gasteiger partial charge in [0.25, 0.3) is 0 Å². The molecule has 0 unspecified atom stereocenters.